The summed E-state index contributed by atoms with van der Waals surface area (Å²) in [6.45, 7) is 8.45. The van der Waals surface area contributed by atoms with Crippen LogP contribution in [0.15, 0.2) is 20.8 Å². The highest BCUT2D eigenvalue weighted by Crippen LogP contribution is 2.37. The summed E-state index contributed by atoms with van der Waals surface area (Å²) in [6, 6.07) is -1.14. The largest absolute Gasteiger partial charge is 0.444 e. The van der Waals surface area contributed by atoms with Crippen LogP contribution in [-0.4, -0.2) is 56.3 Å². The van der Waals surface area contributed by atoms with Gasteiger partial charge >= 0.3 is 11.8 Å². The van der Waals surface area contributed by atoms with E-state index in [-0.39, 0.29) is 17.9 Å². The number of aromatic amines is 1. The number of alkyl carbamates (subject to hydrolysis) is 1. The monoisotopic (exact) mass is 549 g/mol. The highest BCUT2D eigenvalue weighted by Gasteiger charge is 2.55. The highest BCUT2D eigenvalue weighted by molar-refractivity contribution is 9.11. The van der Waals surface area contributed by atoms with Crippen molar-refractivity contribution in [2.45, 2.75) is 70.6 Å². The fourth-order valence-corrected chi connectivity index (χ4v) is 4.07. The van der Waals surface area contributed by atoms with Crippen LogP contribution in [0.25, 0.3) is 6.08 Å². The number of ether oxygens (including phenoxy) is 2. The Kier molecular flexibility index (Phi) is 8.72. The number of aliphatic hydroxyl groups is 1. The Bertz CT molecular complexity index is 1030. The maximum atomic E-state index is 13.9. The molecule has 3 N–H and O–H groups in total. The molecule has 0 aromatic carbocycles. The van der Waals surface area contributed by atoms with E-state index in [1.165, 1.54) is 17.3 Å². The molecule has 1 amide bonds. The molecule has 12 heteroatoms. The summed E-state index contributed by atoms with van der Waals surface area (Å²) in [7, 11) is 0. The number of aliphatic hydroxyl groups excluding tert-OH is 1. The predicted octanol–water partition coefficient (Wildman–Crippen LogP) is 2.06. The third-order valence-electron chi connectivity index (χ3n) is 5.02. The van der Waals surface area contributed by atoms with Gasteiger partial charge in [0.25, 0.3) is 5.56 Å². The van der Waals surface area contributed by atoms with Gasteiger partial charge in [-0.25, -0.2) is 9.59 Å². The summed E-state index contributed by atoms with van der Waals surface area (Å²) in [6.07, 6.45) is -0.713. The summed E-state index contributed by atoms with van der Waals surface area (Å²) < 4.78 is 12.1. The molecule has 4 atom stereocenters. The van der Waals surface area contributed by atoms with Gasteiger partial charge in [0.1, 0.15) is 11.7 Å². The highest BCUT2D eigenvalue weighted by atomic mass is 79.9. The van der Waals surface area contributed by atoms with Crippen molar-refractivity contribution in [1.29, 1.82) is 0 Å². The fourth-order valence-electron chi connectivity index (χ4n) is 3.51. The number of Topliss-reactive ketones (excluding diaryl/α,β-unsaturated/α-hetero) is 1. The molecule has 1 aliphatic heterocycles. The van der Waals surface area contributed by atoms with Gasteiger partial charge in [0.05, 0.1) is 23.6 Å². The predicted molar refractivity (Wildman–Crippen MR) is 126 cm³/mol. The topological polar surface area (TPSA) is 140 Å². The zero-order valence-electron chi connectivity index (χ0n) is 19.1. The van der Waals surface area contributed by atoms with E-state index in [2.05, 4.69) is 26.2 Å². The van der Waals surface area contributed by atoms with Gasteiger partial charge in [-0.05, 0) is 37.8 Å². The minimum atomic E-state index is -2.03. The average molecular weight is 551 g/mol. The number of carbonyl (C=O) groups is 2. The molecule has 184 valence electrons. The van der Waals surface area contributed by atoms with Gasteiger partial charge in [-0.2, -0.15) is 0 Å². The van der Waals surface area contributed by atoms with Crippen LogP contribution >= 0.6 is 27.5 Å². The van der Waals surface area contributed by atoms with Gasteiger partial charge in [0, 0.05) is 12.6 Å². The van der Waals surface area contributed by atoms with E-state index in [0.717, 1.165) is 4.57 Å². The molecule has 0 aliphatic carbocycles. The number of hydrogen-bond donors (Lipinski definition) is 3. The first-order chi connectivity index (χ1) is 15.3. The fraction of sp³-hybridized carbons (Fsp3) is 0.619. The quantitative estimate of drug-likeness (QED) is 0.442. The van der Waals surface area contributed by atoms with Crippen molar-refractivity contribution in [1.82, 2.24) is 14.9 Å². The molecule has 2 heterocycles. The minimum absolute atomic E-state index is 0.0623. The van der Waals surface area contributed by atoms with E-state index >= 15 is 0 Å². The lowest BCUT2D eigenvalue weighted by molar-refractivity contribution is -0.161. The van der Waals surface area contributed by atoms with Gasteiger partial charge in [0.15, 0.2) is 0 Å². The normalized spacial score (nSPS) is 24.3. The van der Waals surface area contributed by atoms with E-state index in [9.17, 15) is 24.3 Å². The van der Waals surface area contributed by atoms with Crippen molar-refractivity contribution >= 4 is 45.5 Å². The molecule has 0 bridgehead atoms. The Morgan fingerprint density at radius 3 is 2.58 bits per heavy atom. The van der Waals surface area contributed by atoms with Crippen LogP contribution in [0.3, 0.4) is 0 Å². The third kappa shape index (κ3) is 6.14. The second-order valence-electron chi connectivity index (χ2n) is 9.11. The van der Waals surface area contributed by atoms with Crippen LogP contribution in [0, 0.1) is 5.92 Å². The summed E-state index contributed by atoms with van der Waals surface area (Å²) in [5, 5.41) is 13.1. The lowest BCUT2D eigenvalue weighted by atomic mass is 9.90. The van der Waals surface area contributed by atoms with E-state index in [4.69, 9.17) is 21.1 Å². The zero-order chi connectivity index (χ0) is 25.1. The number of rotatable bonds is 7. The smallest absolute Gasteiger partial charge is 0.408 e. The standard InChI is InChI=1S/C21H29BrClN3O7/c1-11(2)15(24-19(31)33-20(3,4)5)16(28)21(8-13(27)14(9-23)32-21)26-10-12(6-7-22)17(29)25-18(26)30/h6-7,10-11,13-15,27H,8-9H2,1-5H3,(H,24,31)(H,25,29,30)/b7-6+/t13-,14+,15-,21-/m0/s1. The van der Waals surface area contributed by atoms with Crippen LogP contribution in [-0.2, 0) is 20.0 Å². The number of nitrogens with one attached hydrogen (secondary N) is 2. The molecule has 0 spiro atoms. The molecule has 33 heavy (non-hydrogen) atoms. The lowest BCUT2D eigenvalue weighted by Crippen LogP contribution is -2.58. The first-order valence-electron chi connectivity index (χ1n) is 10.3. The Labute approximate surface area is 204 Å². The number of ketones is 1. The van der Waals surface area contributed by atoms with Crippen molar-refractivity contribution < 1.29 is 24.2 Å². The van der Waals surface area contributed by atoms with E-state index in [1.54, 1.807) is 34.6 Å². The number of H-pyrrole nitrogens is 1. The second-order valence-corrected chi connectivity index (χ2v) is 9.94. The lowest BCUT2D eigenvalue weighted by Gasteiger charge is -2.34. The molecule has 1 aromatic rings. The van der Waals surface area contributed by atoms with Crippen LogP contribution < -0.4 is 16.6 Å². The van der Waals surface area contributed by atoms with Gasteiger partial charge in [-0.3, -0.25) is 19.1 Å². The molecule has 0 unspecified atom stereocenters. The molecule has 1 aromatic heterocycles. The second kappa shape index (κ2) is 10.5. The Morgan fingerprint density at radius 1 is 1.45 bits per heavy atom. The molecular weight excluding hydrogens is 522 g/mol. The van der Waals surface area contributed by atoms with Crippen molar-refractivity contribution in [2.75, 3.05) is 5.88 Å². The molecule has 1 fully saturated rings. The summed E-state index contributed by atoms with van der Waals surface area (Å²) >= 11 is 8.99. The number of hydrogen-bond acceptors (Lipinski definition) is 7. The van der Waals surface area contributed by atoms with Gasteiger partial charge < -0.3 is 19.9 Å². The van der Waals surface area contributed by atoms with E-state index in [0.29, 0.717) is 0 Å². The summed E-state index contributed by atoms with van der Waals surface area (Å²) in [5.41, 5.74) is -4.36. The van der Waals surface area contributed by atoms with Gasteiger partial charge in [-0.15, -0.1) is 11.6 Å². The first kappa shape index (κ1) is 27.3. The number of aromatic nitrogens is 2. The Balaban J connectivity index is 2.64. The minimum Gasteiger partial charge on any atom is -0.444 e. The number of nitrogens with zero attached hydrogens (tertiary/aromatic N) is 1. The van der Waals surface area contributed by atoms with Crippen molar-refractivity contribution in [3.05, 3.63) is 37.6 Å². The number of carbonyl (C=O) groups excluding carboxylic acids is 2. The maximum absolute atomic E-state index is 13.9. The molecule has 0 radical (unpaired) electrons. The average Bonchev–Trinajstić information content (AvgIpc) is 3.03. The van der Waals surface area contributed by atoms with Crippen LogP contribution in [0.1, 0.15) is 46.6 Å². The van der Waals surface area contributed by atoms with Gasteiger partial charge in [0.2, 0.25) is 11.5 Å². The van der Waals surface area contributed by atoms with Crippen LogP contribution in [0.4, 0.5) is 4.79 Å². The van der Waals surface area contributed by atoms with E-state index < -0.39 is 58.6 Å². The van der Waals surface area contributed by atoms with Crippen LogP contribution in [0.2, 0.25) is 0 Å². The van der Waals surface area contributed by atoms with Crippen molar-refractivity contribution in [2.24, 2.45) is 5.92 Å². The molecule has 2 rings (SSSR count). The van der Waals surface area contributed by atoms with E-state index in [1.807, 2.05) is 0 Å². The van der Waals surface area contributed by atoms with Crippen molar-refractivity contribution in [3.8, 4) is 0 Å². The number of alkyl halides is 1. The van der Waals surface area contributed by atoms with Gasteiger partial charge in [-0.1, -0.05) is 29.8 Å². The first-order valence-corrected chi connectivity index (χ1v) is 11.8. The number of halogens is 2. The van der Waals surface area contributed by atoms with Crippen LogP contribution in [0.5, 0.6) is 0 Å². The SMILES string of the molecule is CC(C)[C@H](NC(=O)OC(C)(C)C)C(=O)[C@]1(n2cc(/C=C/Br)c(=O)[nH]c2=O)C[C@H](O)[C@@H](CCl)O1. The summed E-state index contributed by atoms with van der Waals surface area (Å²) in [4.78, 5) is 54.9. The number of amides is 1. The maximum Gasteiger partial charge on any atom is 0.408 e. The molecule has 10 nitrogen and oxygen atoms in total. The Morgan fingerprint density at radius 2 is 2.09 bits per heavy atom. The molecular formula is C21H29BrClN3O7. The molecule has 0 saturated carbocycles. The Hall–Kier alpha value is -1.95. The molecule has 1 saturated heterocycles. The van der Waals surface area contributed by atoms with Crippen molar-refractivity contribution in [3.63, 3.8) is 0 Å². The molecule has 1 aliphatic rings. The summed E-state index contributed by atoms with van der Waals surface area (Å²) in [5.74, 6) is -1.27. The zero-order valence-corrected chi connectivity index (χ0v) is 21.4. The third-order valence-corrected chi connectivity index (χ3v) is 5.59.